The van der Waals surface area contributed by atoms with Crippen molar-refractivity contribution >= 4 is 0 Å². The number of ether oxygens (including phenoxy) is 1. The number of hydrogen-bond acceptors (Lipinski definition) is 4. The van der Waals surface area contributed by atoms with Crippen LogP contribution in [0.4, 0.5) is 0 Å². The van der Waals surface area contributed by atoms with Crippen molar-refractivity contribution in [3.63, 3.8) is 0 Å². The second-order valence-electron chi connectivity index (χ2n) is 6.31. The van der Waals surface area contributed by atoms with Gasteiger partial charge in [0, 0.05) is 19.6 Å². The first-order chi connectivity index (χ1) is 8.43. The van der Waals surface area contributed by atoms with Crippen LogP contribution in [0.1, 0.15) is 40.0 Å². The highest BCUT2D eigenvalue weighted by atomic mass is 16.5. The zero-order valence-corrected chi connectivity index (χ0v) is 12.1. The Morgan fingerprint density at radius 1 is 1.28 bits per heavy atom. The molecule has 1 rings (SSSR count). The number of nitrogens with zero attached hydrogens (tertiary/aromatic N) is 1. The maximum absolute atomic E-state index is 10.0. The average molecular weight is 259 g/mol. The van der Waals surface area contributed by atoms with Crippen LogP contribution in [-0.2, 0) is 4.74 Å². The summed E-state index contributed by atoms with van der Waals surface area (Å²) >= 11 is 0. The Labute approximate surface area is 111 Å². The number of likely N-dealkylation sites (tertiary alicyclic amines) is 1. The van der Waals surface area contributed by atoms with E-state index >= 15 is 0 Å². The average Bonchev–Trinajstić information content (AvgIpc) is 2.33. The van der Waals surface area contributed by atoms with Gasteiger partial charge in [-0.05, 0) is 24.7 Å². The fourth-order valence-corrected chi connectivity index (χ4v) is 2.26. The first kappa shape index (κ1) is 15.9. The van der Waals surface area contributed by atoms with Gasteiger partial charge in [0.05, 0.1) is 25.4 Å². The molecule has 1 fully saturated rings. The molecule has 0 bridgehead atoms. The maximum Gasteiger partial charge on any atom is 0.0701 e. The molecule has 1 saturated heterocycles. The summed E-state index contributed by atoms with van der Waals surface area (Å²) in [4.78, 5) is 2.40. The van der Waals surface area contributed by atoms with E-state index < -0.39 is 0 Å². The van der Waals surface area contributed by atoms with Crippen LogP contribution in [0.5, 0.6) is 0 Å². The molecule has 1 atom stereocenters. The molecule has 0 aromatic heterocycles. The highest BCUT2D eigenvalue weighted by molar-refractivity contribution is 4.77. The van der Waals surface area contributed by atoms with Gasteiger partial charge in [-0.25, -0.2) is 0 Å². The van der Waals surface area contributed by atoms with E-state index in [4.69, 9.17) is 9.84 Å². The molecular weight excluding hydrogens is 230 g/mol. The van der Waals surface area contributed by atoms with E-state index in [-0.39, 0.29) is 18.1 Å². The van der Waals surface area contributed by atoms with Crippen molar-refractivity contribution in [2.75, 3.05) is 32.8 Å². The lowest BCUT2D eigenvalue weighted by Crippen LogP contribution is -2.40. The zero-order valence-electron chi connectivity index (χ0n) is 12.1. The summed E-state index contributed by atoms with van der Waals surface area (Å²) in [5, 5.41) is 18.7. The minimum absolute atomic E-state index is 0.0252. The van der Waals surface area contributed by atoms with Crippen molar-refractivity contribution in [3.05, 3.63) is 0 Å². The molecule has 1 unspecified atom stereocenters. The Morgan fingerprint density at radius 2 is 1.89 bits per heavy atom. The molecule has 2 N–H and O–H groups in total. The molecule has 18 heavy (non-hydrogen) atoms. The molecule has 1 aliphatic heterocycles. The van der Waals surface area contributed by atoms with Gasteiger partial charge < -0.3 is 19.8 Å². The molecule has 1 heterocycles. The van der Waals surface area contributed by atoms with E-state index in [1.54, 1.807) is 0 Å². The molecule has 0 aromatic carbocycles. The lowest BCUT2D eigenvalue weighted by Gasteiger charge is -2.34. The SMILES string of the molecule is CC(C)(C)C(O)CCN1CCC(OCCO)CC1. The fourth-order valence-electron chi connectivity index (χ4n) is 2.26. The van der Waals surface area contributed by atoms with Gasteiger partial charge in [0.2, 0.25) is 0 Å². The smallest absolute Gasteiger partial charge is 0.0701 e. The van der Waals surface area contributed by atoms with Crippen LogP contribution in [0.3, 0.4) is 0 Å². The van der Waals surface area contributed by atoms with Gasteiger partial charge in [-0.1, -0.05) is 20.8 Å². The lowest BCUT2D eigenvalue weighted by molar-refractivity contribution is -0.0130. The van der Waals surface area contributed by atoms with Gasteiger partial charge in [-0.2, -0.15) is 0 Å². The van der Waals surface area contributed by atoms with Gasteiger partial charge in [-0.3, -0.25) is 0 Å². The van der Waals surface area contributed by atoms with Crippen molar-refractivity contribution in [2.45, 2.75) is 52.2 Å². The van der Waals surface area contributed by atoms with E-state index in [9.17, 15) is 5.11 Å². The summed E-state index contributed by atoms with van der Waals surface area (Å²) < 4.78 is 5.53. The maximum atomic E-state index is 10.0. The number of aliphatic hydroxyl groups is 2. The largest absolute Gasteiger partial charge is 0.394 e. The summed E-state index contributed by atoms with van der Waals surface area (Å²) in [6.45, 7) is 9.82. The number of hydrogen-bond donors (Lipinski definition) is 2. The molecule has 1 aliphatic rings. The predicted octanol–water partition coefficient (Wildman–Crippen LogP) is 1.26. The van der Waals surface area contributed by atoms with Gasteiger partial charge in [0.25, 0.3) is 0 Å². The first-order valence-corrected chi connectivity index (χ1v) is 7.06. The Kier molecular flexibility index (Phi) is 6.57. The fraction of sp³-hybridized carbons (Fsp3) is 1.00. The van der Waals surface area contributed by atoms with Crippen LogP contribution in [0.25, 0.3) is 0 Å². The van der Waals surface area contributed by atoms with Crippen LogP contribution in [-0.4, -0.2) is 60.2 Å². The van der Waals surface area contributed by atoms with Crippen LogP contribution < -0.4 is 0 Å². The van der Waals surface area contributed by atoms with E-state index in [1.165, 1.54) is 0 Å². The summed E-state index contributed by atoms with van der Waals surface area (Å²) in [6.07, 6.45) is 2.98. The minimum Gasteiger partial charge on any atom is -0.394 e. The third-order valence-electron chi connectivity index (χ3n) is 3.70. The second-order valence-corrected chi connectivity index (χ2v) is 6.31. The third kappa shape index (κ3) is 5.65. The van der Waals surface area contributed by atoms with Crippen molar-refractivity contribution in [3.8, 4) is 0 Å². The van der Waals surface area contributed by atoms with Crippen molar-refractivity contribution in [1.82, 2.24) is 4.90 Å². The van der Waals surface area contributed by atoms with E-state index in [1.807, 2.05) is 0 Å². The van der Waals surface area contributed by atoms with E-state index in [2.05, 4.69) is 25.7 Å². The molecule has 0 aromatic rings. The Morgan fingerprint density at radius 3 is 2.39 bits per heavy atom. The number of aliphatic hydroxyl groups excluding tert-OH is 2. The molecule has 0 spiro atoms. The Bertz CT molecular complexity index is 220. The van der Waals surface area contributed by atoms with Crippen LogP contribution >= 0.6 is 0 Å². The predicted molar refractivity (Wildman–Crippen MR) is 72.6 cm³/mol. The Balaban J connectivity index is 2.16. The van der Waals surface area contributed by atoms with Crippen LogP contribution in [0, 0.1) is 5.41 Å². The summed E-state index contributed by atoms with van der Waals surface area (Å²) in [6, 6.07) is 0. The standard InChI is InChI=1S/C14H29NO3/c1-14(2,3)13(17)6-9-15-7-4-12(5-8-15)18-11-10-16/h12-13,16-17H,4-11H2,1-3H3. The van der Waals surface area contributed by atoms with Crippen LogP contribution in [0.2, 0.25) is 0 Å². The molecule has 108 valence electrons. The molecule has 4 nitrogen and oxygen atoms in total. The highest BCUT2D eigenvalue weighted by Crippen LogP contribution is 2.22. The van der Waals surface area contributed by atoms with Gasteiger partial charge in [0.1, 0.15) is 0 Å². The minimum atomic E-state index is -0.235. The summed E-state index contributed by atoms with van der Waals surface area (Å²) in [5.74, 6) is 0. The first-order valence-electron chi connectivity index (χ1n) is 7.06. The quantitative estimate of drug-likeness (QED) is 0.754. The zero-order chi connectivity index (χ0) is 13.6. The summed E-state index contributed by atoms with van der Waals surface area (Å²) in [5.41, 5.74) is -0.0252. The monoisotopic (exact) mass is 259 g/mol. The number of piperidine rings is 1. The topological polar surface area (TPSA) is 52.9 Å². The van der Waals surface area contributed by atoms with Crippen molar-refractivity contribution in [2.24, 2.45) is 5.41 Å². The molecule has 0 aliphatic carbocycles. The lowest BCUT2D eigenvalue weighted by atomic mass is 9.87. The van der Waals surface area contributed by atoms with Gasteiger partial charge in [-0.15, -0.1) is 0 Å². The normalized spacial score (nSPS) is 21.2. The third-order valence-corrected chi connectivity index (χ3v) is 3.70. The molecule has 0 saturated carbocycles. The van der Waals surface area contributed by atoms with Crippen LogP contribution in [0.15, 0.2) is 0 Å². The van der Waals surface area contributed by atoms with Gasteiger partial charge >= 0.3 is 0 Å². The van der Waals surface area contributed by atoms with Gasteiger partial charge in [0.15, 0.2) is 0 Å². The second kappa shape index (κ2) is 7.43. The number of rotatable bonds is 6. The summed E-state index contributed by atoms with van der Waals surface area (Å²) in [7, 11) is 0. The van der Waals surface area contributed by atoms with Crippen molar-refractivity contribution in [1.29, 1.82) is 0 Å². The van der Waals surface area contributed by atoms with E-state index in [0.29, 0.717) is 12.7 Å². The van der Waals surface area contributed by atoms with Crippen molar-refractivity contribution < 1.29 is 14.9 Å². The molecule has 0 radical (unpaired) electrons. The molecule has 4 heteroatoms. The van der Waals surface area contributed by atoms with E-state index in [0.717, 1.165) is 38.9 Å². The highest BCUT2D eigenvalue weighted by Gasteiger charge is 2.24. The Hall–Kier alpha value is -0.160. The molecular formula is C14H29NO3. The molecule has 0 amide bonds.